The molecule has 0 spiro atoms. The zero-order chi connectivity index (χ0) is 17.7. The van der Waals surface area contributed by atoms with Crippen LogP contribution in [0.3, 0.4) is 0 Å². The lowest BCUT2D eigenvalue weighted by molar-refractivity contribution is -0.122. The van der Waals surface area contributed by atoms with Crippen LogP contribution < -0.4 is 16.6 Å². The molecule has 1 aromatic carbocycles. The molecule has 1 aromatic heterocycles. The Bertz CT molecular complexity index is 797. The number of H-pyrrole nitrogens is 1. The Balaban J connectivity index is 1.98. The molecule has 7 nitrogen and oxygen atoms in total. The van der Waals surface area contributed by atoms with Crippen LogP contribution >= 0.6 is 23.4 Å². The van der Waals surface area contributed by atoms with E-state index in [9.17, 15) is 14.7 Å². The molecule has 1 atom stereocenters. The van der Waals surface area contributed by atoms with E-state index in [-0.39, 0.29) is 18.8 Å². The van der Waals surface area contributed by atoms with Crippen molar-refractivity contribution in [3.63, 3.8) is 0 Å². The first-order chi connectivity index (χ1) is 11.4. The van der Waals surface area contributed by atoms with Crippen LogP contribution in [0.5, 0.6) is 5.88 Å². The van der Waals surface area contributed by atoms with Gasteiger partial charge in [-0.15, -0.1) is 11.8 Å². The van der Waals surface area contributed by atoms with Crippen molar-refractivity contribution in [1.29, 1.82) is 0 Å². The van der Waals surface area contributed by atoms with Gasteiger partial charge < -0.3 is 21.1 Å². The molecule has 2 rings (SSSR count). The Kier molecular flexibility index (Phi) is 6.24. The minimum absolute atomic E-state index is 0.0469. The van der Waals surface area contributed by atoms with Gasteiger partial charge in [0.2, 0.25) is 11.8 Å². The number of aromatic nitrogens is 2. The number of thioether (sulfide) groups is 1. The maximum absolute atomic E-state index is 12.1. The highest BCUT2D eigenvalue weighted by Crippen LogP contribution is 2.23. The van der Waals surface area contributed by atoms with Crippen LogP contribution in [0.2, 0.25) is 5.02 Å². The van der Waals surface area contributed by atoms with Crippen molar-refractivity contribution in [2.45, 2.75) is 23.9 Å². The summed E-state index contributed by atoms with van der Waals surface area (Å²) in [5.41, 5.74) is 6.20. The van der Waals surface area contributed by atoms with Crippen LogP contribution in [0.4, 0.5) is 0 Å². The number of rotatable bonds is 6. The van der Waals surface area contributed by atoms with Crippen molar-refractivity contribution in [3.05, 3.63) is 51.0 Å². The number of hydrogen-bond donors (Lipinski definition) is 4. The first-order valence-electron chi connectivity index (χ1n) is 7.04. The normalized spacial score (nSPS) is 12.0. The van der Waals surface area contributed by atoms with Gasteiger partial charge in [0.05, 0.1) is 18.7 Å². The number of hydrogen-bond acceptors (Lipinski definition) is 6. The number of nitrogens with zero attached hydrogens (tertiary/aromatic N) is 1. The Hall–Kier alpha value is -2.03. The monoisotopic (exact) mass is 368 g/mol. The number of aromatic hydroxyl groups is 1. The summed E-state index contributed by atoms with van der Waals surface area (Å²) in [7, 11) is 0. The minimum atomic E-state index is -0.802. The van der Waals surface area contributed by atoms with Gasteiger partial charge in [0.25, 0.3) is 5.56 Å². The highest BCUT2D eigenvalue weighted by molar-refractivity contribution is 7.98. The fraction of sp³-hybridized carbons (Fsp3) is 0.267. The molecule has 128 valence electrons. The summed E-state index contributed by atoms with van der Waals surface area (Å²) in [5, 5.41) is 12.4. The second kappa shape index (κ2) is 8.18. The lowest BCUT2D eigenvalue weighted by atomic mass is 10.1. The molecule has 0 radical (unpaired) electrons. The zero-order valence-corrected chi connectivity index (χ0v) is 14.4. The van der Waals surface area contributed by atoms with Gasteiger partial charge in [-0.25, -0.2) is 0 Å². The molecule has 5 N–H and O–H groups in total. The topological polar surface area (TPSA) is 121 Å². The smallest absolute Gasteiger partial charge is 0.254 e. The van der Waals surface area contributed by atoms with Crippen LogP contribution in [0, 0.1) is 0 Å². The van der Waals surface area contributed by atoms with E-state index in [1.165, 1.54) is 0 Å². The Morgan fingerprint density at radius 2 is 2.25 bits per heavy atom. The second-order valence-corrected chi connectivity index (χ2v) is 6.32. The lowest BCUT2D eigenvalue weighted by Gasteiger charge is -2.13. The van der Waals surface area contributed by atoms with E-state index in [1.807, 2.05) is 18.4 Å². The van der Waals surface area contributed by atoms with Crippen molar-refractivity contribution < 1.29 is 9.90 Å². The Morgan fingerprint density at radius 1 is 1.50 bits per heavy atom. The van der Waals surface area contributed by atoms with E-state index in [2.05, 4.69) is 15.3 Å². The van der Waals surface area contributed by atoms with E-state index in [1.54, 1.807) is 17.8 Å². The number of halogens is 1. The van der Waals surface area contributed by atoms with Crippen molar-refractivity contribution in [3.8, 4) is 5.88 Å². The summed E-state index contributed by atoms with van der Waals surface area (Å²) < 4.78 is 0. The molecule has 9 heteroatoms. The molecule has 0 saturated carbocycles. The third-order valence-electron chi connectivity index (χ3n) is 3.24. The summed E-state index contributed by atoms with van der Waals surface area (Å²) in [6, 6.07) is 5.70. The van der Waals surface area contributed by atoms with Gasteiger partial charge in [0.15, 0.2) is 0 Å². The molecular weight excluding hydrogens is 352 g/mol. The number of amides is 1. The van der Waals surface area contributed by atoms with Gasteiger partial charge in [-0.1, -0.05) is 11.6 Å². The maximum Gasteiger partial charge on any atom is 0.254 e. The fourth-order valence-electron chi connectivity index (χ4n) is 2.04. The predicted molar refractivity (Wildman–Crippen MR) is 93.3 cm³/mol. The number of carbonyl (C=O) groups is 1. The minimum Gasteiger partial charge on any atom is -0.493 e. The molecule has 0 bridgehead atoms. The molecule has 0 saturated heterocycles. The summed E-state index contributed by atoms with van der Waals surface area (Å²) in [5.74, 6) is -0.678. The summed E-state index contributed by atoms with van der Waals surface area (Å²) in [6.07, 6.45) is 2.23. The predicted octanol–water partition coefficient (Wildman–Crippen LogP) is 1.04. The summed E-state index contributed by atoms with van der Waals surface area (Å²) >= 11 is 7.71. The third kappa shape index (κ3) is 4.98. The SMILES string of the molecule is CSc1ccc(Cl)c(CC(N)C(=O)NCc2nc(O)cc(=O)[nH]2)c1. The van der Waals surface area contributed by atoms with E-state index >= 15 is 0 Å². The Labute approximate surface area is 147 Å². The van der Waals surface area contributed by atoms with Gasteiger partial charge in [0, 0.05) is 9.92 Å². The molecule has 0 aliphatic heterocycles. The van der Waals surface area contributed by atoms with Crippen LogP contribution in [0.1, 0.15) is 11.4 Å². The maximum atomic E-state index is 12.1. The van der Waals surface area contributed by atoms with E-state index < -0.39 is 23.4 Å². The number of benzene rings is 1. The van der Waals surface area contributed by atoms with Gasteiger partial charge in [-0.05, 0) is 36.4 Å². The molecular formula is C15H17ClN4O3S. The van der Waals surface area contributed by atoms with Gasteiger partial charge >= 0.3 is 0 Å². The molecule has 0 aliphatic carbocycles. The first-order valence-corrected chi connectivity index (χ1v) is 8.64. The molecule has 1 heterocycles. The van der Waals surface area contributed by atoms with Crippen molar-refractivity contribution >= 4 is 29.3 Å². The molecule has 0 aliphatic rings. The first kappa shape index (κ1) is 18.3. The molecule has 0 fully saturated rings. The van der Waals surface area contributed by atoms with Gasteiger partial charge in [-0.2, -0.15) is 4.98 Å². The molecule has 24 heavy (non-hydrogen) atoms. The summed E-state index contributed by atoms with van der Waals surface area (Å²) in [6.45, 7) is -0.0469. The molecule has 1 unspecified atom stereocenters. The number of aromatic amines is 1. The van der Waals surface area contributed by atoms with Crippen molar-refractivity contribution in [2.75, 3.05) is 6.26 Å². The van der Waals surface area contributed by atoms with Crippen LogP contribution in [-0.2, 0) is 17.8 Å². The second-order valence-electron chi connectivity index (χ2n) is 5.04. The lowest BCUT2D eigenvalue weighted by Crippen LogP contribution is -2.42. The van der Waals surface area contributed by atoms with Crippen LogP contribution in [0.25, 0.3) is 0 Å². The van der Waals surface area contributed by atoms with Gasteiger partial charge in [0.1, 0.15) is 5.82 Å². The van der Waals surface area contributed by atoms with Crippen LogP contribution in [-0.4, -0.2) is 33.3 Å². The molecule has 1 amide bonds. The Morgan fingerprint density at radius 3 is 2.92 bits per heavy atom. The number of nitrogens with one attached hydrogen (secondary N) is 2. The number of carbonyl (C=O) groups excluding carboxylic acids is 1. The number of nitrogens with two attached hydrogens (primary N) is 1. The average molecular weight is 369 g/mol. The molecule has 2 aromatic rings. The van der Waals surface area contributed by atoms with E-state index in [0.29, 0.717) is 5.02 Å². The summed E-state index contributed by atoms with van der Waals surface area (Å²) in [4.78, 5) is 30.5. The largest absolute Gasteiger partial charge is 0.493 e. The fourth-order valence-corrected chi connectivity index (χ4v) is 2.70. The third-order valence-corrected chi connectivity index (χ3v) is 4.33. The highest BCUT2D eigenvalue weighted by Gasteiger charge is 2.16. The zero-order valence-electron chi connectivity index (χ0n) is 12.9. The van der Waals surface area contributed by atoms with Crippen molar-refractivity contribution in [1.82, 2.24) is 15.3 Å². The standard InChI is InChI=1S/C15H17ClN4O3S/c1-24-9-2-3-10(16)8(4-9)5-11(17)15(23)18-7-12-19-13(21)6-14(22)20-12/h2-4,6,11H,5,7,17H2,1H3,(H,18,23)(H2,19,20,21,22). The van der Waals surface area contributed by atoms with Crippen molar-refractivity contribution in [2.24, 2.45) is 5.73 Å². The van der Waals surface area contributed by atoms with Gasteiger partial charge in [-0.3, -0.25) is 9.59 Å². The average Bonchev–Trinajstić information content (AvgIpc) is 2.53. The quantitative estimate of drug-likeness (QED) is 0.565. The highest BCUT2D eigenvalue weighted by atomic mass is 35.5. The van der Waals surface area contributed by atoms with Crippen LogP contribution in [0.15, 0.2) is 34.0 Å². The van der Waals surface area contributed by atoms with E-state index in [4.69, 9.17) is 17.3 Å². The van der Waals surface area contributed by atoms with E-state index in [0.717, 1.165) is 16.5 Å².